The van der Waals surface area contributed by atoms with Gasteiger partial charge in [-0.2, -0.15) is 0 Å². The molecule has 1 aliphatic rings. The van der Waals surface area contributed by atoms with Gasteiger partial charge >= 0.3 is 0 Å². The fraction of sp³-hybridized carbons (Fsp3) is 0.917. The quantitative estimate of drug-likeness (QED) is 0.725. The van der Waals surface area contributed by atoms with Gasteiger partial charge in [-0.15, -0.1) is 0 Å². The van der Waals surface area contributed by atoms with E-state index in [0.717, 1.165) is 18.4 Å². The van der Waals surface area contributed by atoms with Crippen molar-refractivity contribution in [3.63, 3.8) is 0 Å². The first-order valence-corrected chi connectivity index (χ1v) is 6.88. The number of hydrogen-bond donors (Lipinski definition) is 0. The minimum atomic E-state index is 0.116. The number of carbonyl (C=O) groups excluding carboxylic acids is 1. The van der Waals surface area contributed by atoms with Crippen LogP contribution in [0.15, 0.2) is 0 Å². The summed E-state index contributed by atoms with van der Waals surface area (Å²) in [6, 6.07) is 0. The largest absolute Gasteiger partial charge is 0.342 e. The van der Waals surface area contributed by atoms with Gasteiger partial charge < -0.3 is 4.90 Å². The average molecular weight is 276 g/mol. The Morgan fingerprint density at radius 2 is 2.13 bits per heavy atom. The molecule has 0 aromatic carbocycles. The summed E-state index contributed by atoms with van der Waals surface area (Å²) < 4.78 is 0. The number of halogens is 1. The zero-order valence-electron chi connectivity index (χ0n) is 10.1. The predicted octanol–water partition coefficient (Wildman–Crippen LogP) is 3.06. The molecule has 1 saturated heterocycles. The average Bonchev–Trinajstić information content (AvgIpc) is 2.50. The van der Waals surface area contributed by atoms with Crippen LogP contribution in [0.3, 0.4) is 0 Å². The monoisotopic (exact) mass is 275 g/mol. The van der Waals surface area contributed by atoms with Crippen molar-refractivity contribution in [3.05, 3.63) is 0 Å². The van der Waals surface area contributed by atoms with Gasteiger partial charge in [0.05, 0.1) is 0 Å². The van der Waals surface area contributed by atoms with Crippen LogP contribution in [0.5, 0.6) is 0 Å². The van der Waals surface area contributed by atoms with Crippen LogP contribution in [0.4, 0.5) is 0 Å². The molecular formula is C12H22BrNO. The molecule has 1 rings (SSSR count). The molecule has 1 aliphatic heterocycles. The van der Waals surface area contributed by atoms with Crippen LogP contribution in [0, 0.1) is 11.3 Å². The van der Waals surface area contributed by atoms with Gasteiger partial charge in [-0.3, -0.25) is 4.79 Å². The Bertz CT molecular complexity index is 222. The molecular weight excluding hydrogens is 254 g/mol. The van der Waals surface area contributed by atoms with E-state index in [2.05, 4.69) is 36.7 Å². The minimum Gasteiger partial charge on any atom is -0.342 e. The van der Waals surface area contributed by atoms with E-state index >= 15 is 0 Å². The third kappa shape index (κ3) is 4.54. The Labute approximate surface area is 102 Å². The van der Waals surface area contributed by atoms with E-state index in [4.69, 9.17) is 0 Å². The molecule has 1 unspecified atom stereocenters. The molecule has 0 spiro atoms. The van der Waals surface area contributed by atoms with Crippen molar-refractivity contribution >= 4 is 21.8 Å². The topological polar surface area (TPSA) is 20.3 Å². The first-order valence-electron chi connectivity index (χ1n) is 5.76. The van der Waals surface area contributed by atoms with Crippen LogP contribution in [-0.2, 0) is 4.79 Å². The van der Waals surface area contributed by atoms with Crippen molar-refractivity contribution in [2.45, 2.75) is 40.0 Å². The zero-order valence-corrected chi connectivity index (χ0v) is 11.6. The fourth-order valence-corrected chi connectivity index (χ4v) is 2.66. The van der Waals surface area contributed by atoms with Crippen molar-refractivity contribution in [1.82, 2.24) is 4.90 Å². The third-order valence-corrected chi connectivity index (χ3v) is 3.30. The highest BCUT2D eigenvalue weighted by Gasteiger charge is 2.27. The molecule has 0 saturated carbocycles. The van der Waals surface area contributed by atoms with Crippen molar-refractivity contribution in [1.29, 1.82) is 0 Å². The van der Waals surface area contributed by atoms with Crippen LogP contribution in [-0.4, -0.2) is 29.2 Å². The van der Waals surface area contributed by atoms with Crippen LogP contribution in [0.2, 0.25) is 0 Å². The summed E-state index contributed by atoms with van der Waals surface area (Å²) in [5.41, 5.74) is 0.116. The van der Waals surface area contributed by atoms with Crippen molar-refractivity contribution < 1.29 is 4.79 Å². The SMILES string of the molecule is CC(C)(C)CC(=O)N1CCC(CCBr)C1. The summed E-state index contributed by atoms with van der Waals surface area (Å²) in [4.78, 5) is 14.0. The molecule has 88 valence electrons. The second-order valence-electron chi connectivity index (χ2n) is 5.71. The highest BCUT2D eigenvalue weighted by molar-refractivity contribution is 9.09. The van der Waals surface area contributed by atoms with E-state index in [1.165, 1.54) is 12.8 Å². The van der Waals surface area contributed by atoms with Crippen LogP contribution in [0.25, 0.3) is 0 Å². The Morgan fingerprint density at radius 1 is 1.47 bits per heavy atom. The summed E-state index contributed by atoms with van der Waals surface area (Å²) in [5, 5.41) is 1.05. The Morgan fingerprint density at radius 3 is 2.67 bits per heavy atom. The standard InChI is InChI=1S/C12H22BrNO/c1-12(2,3)8-11(15)14-7-5-10(9-14)4-6-13/h10H,4-9H2,1-3H3. The van der Waals surface area contributed by atoms with Crippen LogP contribution >= 0.6 is 15.9 Å². The van der Waals surface area contributed by atoms with E-state index < -0.39 is 0 Å². The molecule has 0 N–H and O–H groups in total. The molecule has 0 radical (unpaired) electrons. The highest BCUT2D eigenvalue weighted by Crippen LogP contribution is 2.25. The summed E-state index contributed by atoms with van der Waals surface area (Å²) in [6.07, 6.45) is 3.05. The van der Waals surface area contributed by atoms with Gasteiger partial charge in [0, 0.05) is 24.8 Å². The third-order valence-electron chi connectivity index (χ3n) is 2.84. The first-order chi connectivity index (χ1) is 6.92. The summed E-state index contributed by atoms with van der Waals surface area (Å²) >= 11 is 3.46. The second-order valence-corrected chi connectivity index (χ2v) is 6.50. The lowest BCUT2D eigenvalue weighted by Gasteiger charge is -2.23. The molecule has 3 heteroatoms. The maximum atomic E-state index is 11.9. The fourth-order valence-electron chi connectivity index (χ4n) is 2.01. The Hall–Kier alpha value is -0.0500. The van der Waals surface area contributed by atoms with Gasteiger partial charge in [0.1, 0.15) is 0 Å². The number of carbonyl (C=O) groups is 1. The minimum absolute atomic E-state index is 0.116. The van der Waals surface area contributed by atoms with Crippen LogP contribution < -0.4 is 0 Å². The maximum Gasteiger partial charge on any atom is 0.223 e. The molecule has 0 aliphatic carbocycles. The summed E-state index contributed by atoms with van der Waals surface area (Å²) in [5.74, 6) is 1.05. The van der Waals surface area contributed by atoms with Gasteiger partial charge in [0.25, 0.3) is 0 Å². The smallest absolute Gasteiger partial charge is 0.223 e. The molecule has 1 fully saturated rings. The Balaban J connectivity index is 2.37. The molecule has 0 aromatic rings. The predicted molar refractivity (Wildman–Crippen MR) is 67.2 cm³/mol. The highest BCUT2D eigenvalue weighted by atomic mass is 79.9. The van der Waals surface area contributed by atoms with Gasteiger partial charge in [-0.05, 0) is 24.2 Å². The molecule has 2 nitrogen and oxygen atoms in total. The van der Waals surface area contributed by atoms with Gasteiger partial charge in [-0.25, -0.2) is 0 Å². The van der Waals surface area contributed by atoms with Gasteiger partial charge in [0.2, 0.25) is 5.91 Å². The van der Waals surface area contributed by atoms with Gasteiger partial charge in [0.15, 0.2) is 0 Å². The maximum absolute atomic E-state index is 11.9. The van der Waals surface area contributed by atoms with Gasteiger partial charge in [-0.1, -0.05) is 36.7 Å². The van der Waals surface area contributed by atoms with Crippen molar-refractivity contribution in [2.75, 3.05) is 18.4 Å². The number of likely N-dealkylation sites (tertiary alicyclic amines) is 1. The molecule has 0 aromatic heterocycles. The Kier molecular flexibility index (Phi) is 4.63. The number of hydrogen-bond acceptors (Lipinski definition) is 1. The van der Waals surface area contributed by atoms with Crippen molar-refractivity contribution in [3.8, 4) is 0 Å². The number of rotatable bonds is 3. The van der Waals surface area contributed by atoms with Crippen molar-refractivity contribution in [2.24, 2.45) is 11.3 Å². The van der Waals surface area contributed by atoms with E-state index in [1.807, 2.05) is 4.90 Å². The number of amides is 1. The lowest BCUT2D eigenvalue weighted by Crippen LogP contribution is -2.31. The number of alkyl halides is 1. The number of nitrogens with zero attached hydrogens (tertiary/aromatic N) is 1. The normalized spacial score (nSPS) is 22.1. The molecule has 15 heavy (non-hydrogen) atoms. The lowest BCUT2D eigenvalue weighted by atomic mass is 9.92. The molecule has 1 heterocycles. The second kappa shape index (κ2) is 5.33. The molecule has 1 atom stereocenters. The zero-order chi connectivity index (χ0) is 11.5. The van der Waals surface area contributed by atoms with E-state index in [9.17, 15) is 4.79 Å². The van der Waals surface area contributed by atoms with E-state index in [-0.39, 0.29) is 5.41 Å². The first kappa shape index (κ1) is 13.0. The molecule has 0 bridgehead atoms. The summed E-state index contributed by atoms with van der Waals surface area (Å²) in [6.45, 7) is 8.30. The van der Waals surface area contributed by atoms with Crippen LogP contribution in [0.1, 0.15) is 40.0 Å². The van der Waals surface area contributed by atoms with E-state index in [0.29, 0.717) is 18.2 Å². The van der Waals surface area contributed by atoms with E-state index in [1.54, 1.807) is 0 Å². The lowest BCUT2D eigenvalue weighted by molar-refractivity contribution is -0.132. The molecule has 1 amide bonds. The summed E-state index contributed by atoms with van der Waals surface area (Å²) in [7, 11) is 0.